The van der Waals surface area contributed by atoms with Crippen molar-refractivity contribution in [3.63, 3.8) is 0 Å². The third-order valence-electron chi connectivity index (χ3n) is 4.96. The Morgan fingerprint density at radius 1 is 1.38 bits per heavy atom. The van der Waals surface area contributed by atoms with Gasteiger partial charge in [-0.1, -0.05) is 32.0 Å². The molecule has 2 fully saturated rings. The highest BCUT2D eigenvalue weighted by molar-refractivity contribution is 5.92. The van der Waals surface area contributed by atoms with Crippen LogP contribution in [-0.2, 0) is 9.53 Å². The van der Waals surface area contributed by atoms with Crippen molar-refractivity contribution >= 4 is 11.6 Å². The molecule has 1 aromatic rings. The maximum atomic E-state index is 12.2. The zero-order chi connectivity index (χ0) is 15.0. The van der Waals surface area contributed by atoms with Gasteiger partial charge in [0.05, 0.1) is 12.6 Å². The van der Waals surface area contributed by atoms with Crippen molar-refractivity contribution in [3.8, 4) is 0 Å². The highest BCUT2D eigenvalue weighted by Gasteiger charge is 2.60. The van der Waals surface area contributed by atoms with E-state index >= 15 is 0 Å². The first-order valence-corrected chi connectivity index (χ1v) is 7.67. The van der Waals surface area contributed by atoms with E-state index in [9.17, 15) is 4.79 Å². The maximum Gasteiger partial charge on any atom is 0.238 e. The Labute approximate surface area is 126 Å². The summed E-state index contributed by atoms with van der Waals surface area (Å²) in [6, 6.07) is 10.0. The number of nitrogens with one attached hydrogen (secondary N) is 1. The summed E-state index contributed by atoms with van der Waals surface area (Å²) in [5.74, 6) is 0.622. The Kier molecular flexibility index (Phi) is 3.76. The molecule has 3 atom stereocenters. The van der Waals surface area contributed by atoms with Crippen LogP contribution in [0, 0.1) is 11.3 Å². The van der Waals surface area contributed by atoms with E-state index in [1.807, 2.05) is 37.4 Å². The summed E-state index contributed by atoms with van der Waals surface area (Å²) in [7, 11) is 2.05. The smallest absolute Gasteiger partial charge is 0.238 e. The first-order chi connectivity index (χ1) is 10.00. The molecule has 0 spiro atoms. The van der Waals surface area contributed by atoms with E-state index in [0.717, 1.165) is 18.7 Å². The molecular weight excluding hydrogens is 264 g/mol. The molecule has 1 saturated heterocycles. The standard InChI is InChI=1S/C17H24N2O2/c1-17(2)15(13-9-10-21-16(13)17)19(3)11-14(20)18-12-7-5-4-6-8-12/h4-8,13,15-16H,9-11H2,1-3H3,(H,18,20)/t13-,15-,16-/m1/s1. The van der Waals surface area contributed by atoms with Crippen LogP contribution in [0.25, 0.3) is 0 Å². The molecule has 21 heavy (non-hydrogen) atoms. The predicted octanol–water partition coefficient (Wildman–Crippen LogP) is 2.37. The number of carbonyl (C=O) groups excluding carboxylic acids is 1. The Bertz CT molecular complexity index is 515. The number of anilines is 1. The third-order valence-corrected chi connectivity index (χ3v) is 4.96. The topological polar surface area (TPSA) is 41.6 Å². The molecule has 0 bridgehead atoms. The van der Waals surface area contributed by atoms with E-state index in [1.54, 1.807) is 0 Å². The summed E-state index contributed by atoms with van der Waals surface area (Å²) < 4.78 is 5.82. The van der Waals surface area contributed by atoms with Crippen molar-refractivity contribution in [3.05, 3.63) is 30.3 Å². The van der Waals surface area contributed by atoms with Crippen LogP contribution in [0.2, 0.25) is 0 Å². The largest absolute Gasteiger partial charge is 0.377 e. The molecule has 0 unspecified atom stereocenters. The number of carbonyl (C=O) groups is 1. The number of fused-ring (bicyclic) bond motifs is 1. The van der Waals surface area contributed by atoms with Gasteiger partial charge in [0.1, 0.15) is 0 Å². The first kappa shape index (κ1) is 14.5. The number of hydrogen-bond acceptors (Lipinski definition) is 3. The highest BCUT2D eigenvalue weighted by Crippen LogP contribution is 2.54. The minimum atomic E-state index is 0.0434. The van der Waals surface area contributed by atoms with Gasteiger partial charge in [-0.25, -0.2) is 0 Å². The normalized spacial score (nSPS) is 29.8. The fourth-order valence-electron chi connectivity index (χ4n) is 4.24. The van der Waals surface area contributed by atoms with Gasteiger partial charge in [0, 0.05) is 29.7 Å². The molecule has 2 aliphatic rings. The minimum absolute atomic E-state index is 0.0434. The Balaban J connectivity index is 1.59. The van der Waals surface area contributed by atoms with E-state index in [-0.39, 0.29) is 11.3 Å². The van der Waals surface area contributed by atoms with Gasteiger partial charge in [-0.05, 0) is 25.6 Å². The number of hydrogen-bond donors (Lipinski definition) is 1. The molecule has 1 aromatic carbocycles. The highest BCUT2D eigenvalue weighted by atomic mass is 16.5. The summed E-state index contributed by atoms with van der Waals surface area (Å²) in [4.78, 5) is 14.4. The van der Waals surface area contributed by atoms with Crippen molar-refractivity contribution in [2.45, 2.75) is 32.4 Å². The fraction of sp³-hybridized carbons (Fsp3) is 0.588. The minimum Gasteiger partial charge on any atom is -0.377 e. The lowest BCUT2D eigenvalue weighted by Crippen LogP contribution is -2.66. The molecule has 3 rings (SSSR count). The SMILES string of the molecule is CN(CC(=O)Nc1ccccc1)[C@@H]1[C@H]2CCO[C@H]2C1(C)C. The second-order valence-electron chi connectivity index (χ2n) is 6.84. The number of rotatable bonds is 4. The maximum absolute atomic E-state index is 12.2. The van der Waals surface area contributed by atoms with Crippen LogP contribution in [0.1, 0.15) is 20.3 Å². The molecule has 4 heteroatoms. The molecule has 0 aromatic heterocycles. The lowest BCUT2D eigenvalue weighted by Gasteiger charge is -2.57. The number of ether oxygens (including phenoxy) is 1. The average molecular weight is 288 g/mol. The van der Waals surface area contributed by atoms with Crippen LogP contribution >= 0.6 is 0 Å². The number of amides is 1. The Morgan fingerprint density at radius 2 is 2.10 bits per heavy atom. The quantitative estimate of drug-likeness (QED) is 0.925. The second-order valence-corrected chi connectivity index (χ2v) is 6.84. The summed E-state index contributed by atoms with van der Waals surface area (Å²) in [6.45, 7) is 5.77. The van der Waals surface area contributed by atoms with E-state index in [1.165, 1.54) is 0 Å². The van der Waals surface area contributed by atoms with Gasteiger partial charge in [-0.2, -0.15) is 0 Å². The van der Waals surface area contributed by atoms with Gasteiger partial charge in [0.15, 0.2) is 0 Å². The van der Waals surface area contributed by atoms with Gasteiger partial charge in [0.25, 0.3) is 0 Å². The summed E-state index contributed by atoms with van der Waals surface area (Å²) in [6.07, 6.45) is 1.48. The van der Waals surface area contributed by atoms with E-state index in [0.29, 0.717) is 24.6 Å². The zero-order valence-electron chi connectivity index (χ0n) is 13.0. The van der Waals surface area contributed by atoms with Crippen molar-refractivity contribution in [2.24, 2.45) is 11.3 Å². The molecule has 1 saturated carbocycles. The second kappa shape index (κ2) is 5.43. The van der Waals surface area contributed by atoms with Crippen LogP contribution in [-0.4, -0.2) is 43.2 Å². The molecule has 1 heterocycles. The monoisotopic (exact) mass is 288 g/mol. The van der Waals surface area contributed by atoms with Crippen molar-refractivity contribution in [1.82, 2.24) is 4.90 Å². The van der Waals surface area contributed by atoms with Crippen LogP contribution in [0.3, 0.4) is 0 Å². The lowest BCUT2D eigenvalue weighted by atomic mass is 9.57. The molecule has 1 amide bonds. The number of para-hydroxylation sites is 1. The average Bonchev–Trinajstić information content (AvgIpc) is 2.85. The van der Waals surface area contributed by atoms with Gasteiger partial charge >= 0.3 is 0 Å². The summed E-state index contributed by atoms with van der Waals surface area (Å²) >= 11 is 0. The zero-order valence-corrected chi connectivity index (χ0v) is 13.0. The fourth-order valence-corrected chi connectivity index (χ4v) is 4.24. The lowest BCUT2D eigenvalue weighted by molar-refractivity contribution is -0.152. The molecular formula is C17H24N2O2. The first-order valence-electron chi connectivity index (χ1n) is 7.67. The van der Waals surface area contributed by atoms with Gasteiger partial charge in [-0.15, -0.1) is 0 Å². The van der Waals surface area contributed by atoms with Gasteiger partial charge in [0.2, 0.25) is 5.91 Å². The molecule has 1 aliphatic carbocycles. The Morgan fingerprint density at radius 3 is 2.81 bits per heavy atom. The third kappa shape index (κ3) is 2.58. The summed E-state index contributed by atoms with van der Waals surface area (Å²) in [5, 5.41) is 2.95. The molecule has 1 aliphatic heterocycles. The van der Waals surface area contributed by atoms with E-state index in [2.05, 4.69) is 24.1 Å². The Hall–Kier alpha value is -1.39. The van der Waals surface area contributed by atoms with Gasteiger partial charge < -0.3 is 10.1 Å². The molecule has 1 N–H and O–H groups in total. The number of nitrogens with zero attached hydrogens (tertiary/aromatic N) is 1. The summed E-state index contributed by atoms with van der Waals surface area (Å²) in [5.41, 5.74) is 0.981. The van der Waals surface area contributed by atoms with Crippen LogP contribution in [0.4, 0.5) is 5.69 Å². The van der Waals surface area contributed by atoms with Crippen LogP contribution in [0.5, 0.6) is 0 Å². The molecule has 4 nitrogen and oxygen atoms in total. The van der Waals surface area contributed by atoms with E-state index < -0.39 is 0 Å². The van der Waals surface area contributed by atoms with Crippen molar-refractivity contribution in [2.75, 3.05) is 25.5 Å². The van der Waals surface area contributed by atoms with E-state index in [4.69, 9.17) is 4.74 Å². The predicted molar refractivity (Wildman–Crippen MR) is 83.1 cm³/mol. The van der Waals surface area contributed by atoms with Crippen molar-refractivity contribution < 1.29 is 9.53 Å². The molecule has 114 valence electrons. The number of likely N-dealkylation sites (N-methyl/N-ethyl adjacent to an activating group) is 1. The number of benzene rings is 1. The van der Waals surface area contributed by atoms with Crippen molar-refractivity contribution in [1.29, 1.82) is 0 Å². The van der Waals surface area contributed by atoms with Crippen LogP contribution < -0.4 is 5.32 Å². The van der Waals surface area contributed by atoms with Crippen LogP contribution in [0.15, 0.2) is 30.3 Å². The molecule has 0 radical (unpaired) electrons. The van der Waals surface area contributed by atoms with Gasteiger partial charge in [-0.3, -0.25) is 9.69 Å².